The lowest BCUT2D eigenvalue weighted by molar-refractivity contribution is -0.313. The van der Waals surface area contributed by atoms with Crippen LogP contribution >= 0.6 is 11.6 Å². The Bertz CT molecular complexity index is 927. The van der Waals surface area contributed by atoms with Crippen molar-refractivity contribution in [2.45, 2.75) is 32.6 Å². The summed E-state index contributed by atoms with van der Waals surface area (Å²) >= 11 is 5.85. The Morgan fingerprint density at radius 2 is 1.62 bits per heavy atom. The van der Waals surface area contributed by atoms with Crippen LogP contribution in [0.2, 0.25) is 5.02 Å². The lowest BCUT2D eigenvalue weighted by Crippen LogP contribution is -2.42. The number of benzene rings is 2. The number of aliphatic carboxylic acids is 1. The SMILES string of the molecule is Cc1ccc(NC(=O)[C@@H]2CCCC[C@H]2C(=O)[O-])cc1NC(=O)c1ccc(Cl)cc1. The van der Waals surface area contributed by atoms with E-state index in [1.165, 1.54) is 0 Å². The maximum absolute atomic E-state index is 12.7. The van der Waals surface area contributed by atoms with Crippen LogP contribution in [0.5, 0.6) is 0 Å². The highest BCUT2D eigenvalue weighted by atomic mass is 35.5. The number of anilines is 2. The minimum atomic E-state index is -1.18. The molecule has 0 unspecified atom stereocenters. The van der Waals surface area contributed by atoms with E-state index in [-0.39, 0.29) is 11.8 Å². The fourth-order valence-corrected chi connectivity index (χ4v) is 3.72. The number of amides is 2. The van der Waals surface area contributed by atoms with Gasteiger partial charge >= 0.3 is 0 Å². The van der Waals surface area contributed by atoms with E-state index in [0.717, 1.165) is 18.4 Å². The molecule has 6 nitrogen and oxygen atoms in total. The van der Waals surface area contributed by atoms with Crippen LogP contribution in [0.1, 0.15) is 41.6 Å². The number of carboxylic acids is 1. The van der Waals surface area contributed by atoms with Gasteiger partial charge in [-0.1, -0.05) is 30.5 Å². The standard InChI is InChI=1S/C22H23ClN2O4/c1-13-6-11-16(24-21(27)17-4-2-3-5-18(17)22(28)29)12-19(13)25-20(26)14-7-9-15(23)10-8-14/h6-12,17-18H,2-5H2,1H3,(H,24,27)(H,25,26)(H,28,29)/p-1/t17-,18-/m1/s1. The monoisotopic (exact) mass is 413 g/mol. The van der Waals surface area contributed by atoms with Crippen molar-refractivity contribution >= 4 is 40.8 Å². The highest BCUT2D eigenvalue weighted by molar-refractivity contribution is 6.30. The maximum Gasteiger partial charge on any atom is 0.255 e. The molecule has 2 aromatic carbocycles. The summed E-state index contributed by atoms with van der Waals surface area (Å²) in [7, 11) is 0. The highest BCUT2D eigenvalue weighted by Gasteiger charge is 2.31. The molecule has 1 aliphatic rings. The van der Waals surface area contributed by atoms with Crippen LogP contribution in [0, 0.1) is 18.8 Å². The number of halogens is 1. The van der Waals surface area contributed by atoms with Gasteiger partial charge in [-0.05, 0) is 61.7 Å². The second-order valence-electron chi connectivity index (χ2n) is 7.30. The first kappa shape index (κ1) is 20.9. The molecule has 2 amide bonds. The van der Waals surface area contributed by atoms with E-state index in [1.807, 2.05) is 6.92 Å². The van der Waals surface area contributed by atoms with Crippen molar-refractivity contribution in [3.8, 4) is 0 Å². The Balaban J connectivity index is 1.73. The van der Waals surface area contributed by atoms with Gasteiger partial charge in [-0.15, -0.1) is 0 Å². The Labute approximate surface area is 174 Å². The molecule has 1 saturated carbocycles. The molecule has 0 heterocycles. The Morgan fingerprint density at radius 1 is 0.966 bits per heavy atom. The van der Waals surface area contributed by atoms with Crippen LogP contribution in [-0.2, 0) is 9.59 Å². The summed E-state index contributed by atoms with van der Waals surface area (Å²) in [5.41, 5.74) is 2.34. The third kappa shape index (κ3) is 5.15. The minimum Gasteiger partial charge on any atom is -0.550 e. The van der Waals surface area contributed by atoms with E-state index in [2.05, 4.69) is 10.6 Å². The molecule has 7 heteroatoms. The summed E-state index contributed by atoms with van der Waals surface area (Å²) in [4.78, 5) is 36.5. The maximum atomic E-state index is 12.7. The second kappa shape index (κ2) is 9.09. The molecule has 0 saturated heterocycles. The van der Waals surface area contributed by atoms with Crippen molar-refractivity contribution in [2.75, 3.05) is 10.6 Å². The molecule has 29 heavy (non-hydrogen) atoms. The van der Waals surface area contributed by atoms with Crippen molar-refractivity contribution in [1.82, 2.24) is 0 Å². The van der Waals surface area contributed by atoms with Crippen LogP contribution < -0.4 is 15.7 Å². The van der Waals surface area contributed by atoms with Crippen molar-refractivity contribution in [2.24, 2.45) is 11.8 Å². The average Bonchev–Trinajstić information content (AvgIpc) is 2.70. The summed E-state index contributed by atoms with van der Waals surface area (Å²) < 4.78 is 0. The van der Waals surface area contributed by atoms with E-state index >= 15 is 0 Å². The van der Waals surface area contributed by atoms with Gasteiger partial charge < -0.3 is 20.5 Å². The van der Waals surface area contributed by atoms with E-state index in [1.54, 1.807) is 42.5 Å². The molecule has 0 aromatic heterocycles. The topological polar surface area (TPSA) is 98.3 Å². The van der Waals surface area contributed by atoms with Gasteiger partial charge in [-0.3, -0.25) is 9.59 Å². The number of hydrogen-bond donors (Lipinski definition) is 2. The second-order valence-corrected chi connectivity index (χ2v) is 7.73. The molecule has 2 N–H and O–H groups in total. The lowest BCUT2D eigenvalue weighted by Gasteiger charge is -2.31. The molecule has 2 aromatic rings. The van der Waals surface area contributed by atoms with Gasteiger partial charge in [0.15, 0.2) is 0 Å². The van der Waals surface area contributed by atoms with Gasteiger partial charge in [0.1, 0.15) is 0 Å². The van der Waals surface area contributed by atoms with Gasteiger partial charge in [-0.25, -0.2) is 0 Å². The van der Waals surface area contributed by atoms with Crippen LogP contribution in [0.4, 0.5) is 11.4 Å². The van der Waals surface area contributed by atoms with Crippen molar-refractivity contribution < 1.29 is 19.5 Å². The molecule has 1 fully saturated rings. The third-order valence-corrected chi connectivity index (χ3v) is 5.52. The number of rotatable bonds is 5. The van der Waals surface area contributed by atoms with Gasteiger partial charge in [0.25, 0.3) is 5.91 Å². The smallest absolute Gasteiger partial charge is 0.255 e. The first-order valence-corrected chi connectivity index (χ1v) is 9.92. The van der Waals surface area contributed by atoms with Gasteiger partial charge in [0.05, 0.1) is 0 Å². The number of hydrogen-bond acceptors (Lipinski definition) is 4. The fourth-order valence-electron chi connectivity index (χ4n) is 3.59. The van der Waals surface area contributed by atoms with Crippen molar-refractivity contribution in [3.05, 3.63) is 58.6 Å². The van der Waals surface area contributed by atoms with Gasteiger partial charge in [0, 0.05) is 39.8 Å². The first-order chi connectivity index (χ1) is 13.8. The molecular weight excluding hydrogens is 392 g/mol. The van der Waals surface area contributed by atoms with Crippen LogP contribution in [-0.4, -0.2) is 17.8 Å². The quantitative estimate of drug-likeness (QED) is 0.784. The molecule has 3 rings (SSSR count). The van der Waals surface area contributed by atoms with Gasteiger partial charge in [0.2, 0.25) is 5.91 Å². The Kier molecular flexibility index (Phi) is 6.54. The predicted molar refractivity (Wildman–Crippen MR) is 110 cm³/mol. The van der Waals surface area contributed by atoms with Crippen molar-refractivity contribution in [3.63, 3.8) is 0 Å². The summed E-state index contributed by atoms with van der Waals surface area (Å²) in [5, 5.41) is 17.5. The summed E-state index contributed by atoms with van der Waals surface area (Å²) in [5.74, 6) is -3.18. The zero-order valence-corrected chi connectivity index (χ0v) is 16.8. The number of carbonyl (C=O) groups is 3. The fraction of sp³-hybridized carbons (Fsp3) is 0.318. The number of carboxylic acid groups (broad SMARTS) is 1. The Morgan fingerprint density at radius 3 is 2.28 bits per heavy atom. The molecular formula is C22H22ClN2O4-. The van der Waals surface area contributed by atoms with E-state index in [4.69, 9.17) is 11.6 Å². The van der Waals surface area contributed by atoms with E-state index < -0.39 is 17.8 Å². The van der Waals surface area contributed by atoms with E-state index in [0.29, 0.717) is 34.8 Å². The minimum absolute atomic E-state index is 0.294. The average molecular weight is 414 g/mol. The normalized spacial score (nSPS) is 18.7. The largest absolute Gasteiger partial charge is 0.550 e. The molecule has 0 bridgehead atoms. The number of nitrogens with one attached hydrogen (secondary N) is 2. The lowest BCUT2D eigenvalue weighted by atomic mass is 9.78. The highest BCUT2D eigenvalue weighted by Crippen LogP contribution is 2.31. The first-order valence-electron chi connectivity index (χ1n) is 9.54. The Hall–Kier alpha value is -2.86. The number of carbonyl (C=O) groups excluding carboxylic acids is 3. The summed E-state index contributed by atoms with van der Waals surface area (Å²) in [6.07, 6.45) is 2.58. The molecule has 0 radical (unpaired) electrons. The van der Waals surface area contributed by atoms with Crippen molar-refractivity contribution in [1.29, 1.82) is 0 Å². The molecule has 152 valence electrons. The van der Waals surface area contributed by atoms with Crippen LogP contribution in [0.25, 0.3) is 0 Å². The van der Waals surface area contributed by atoms with E-state index in [9.17, 15) is 19.5 Å². The zero-order chi connectivity index (χ0) is 21.0. The summed E-state index contributed by atoms with van der Waals surface area (Å²) in [6, 6.07) is 11.7. The molecule has 1 aliphatic carbocycles. The molecule has 0 aliphatic heterocycles. The molecule has 2 atom stereocenters. The van der Waals surface area contributed by atoms with Crippen LogP contribution in [0.3, 0.4) is 0 Å². The number of aryl methyl sites for hydroxylation is 1. The van der Waals surface area contributed by atoms with Crippen LogP contribution in [0.15, 0.2) is 42.5 Å². The predicted octanol–water partition coefficient (Wildman–Crippen LogP) is 3.40. The zero-order valence-electron chi connectivity index (χ0n) is 16.0. The summed E-state index contributed by atoms with van der Waals surface area (Å²) in [6.45, 7) is 1.84. The third-order valence-electron chi connectivity index (χ3n) is 5.27. The van der Waals surface area contributed by atoms with Gasteiger partial charge in [-0.2, -0.15) is 0 Å². The molecule has 0 spiro atoms.